The van der Waals surface area contributed by atoms with Crippen LogP contribution in [0.5, 0.6) is 0 Å². The van der Waals surface area contributed by atoms with E-state index in [0.29, 0.717) is 21.5 Å². The lowest BCUT2D eigenvalue weighted by molar-refractivity contribution is 0.0691. The number of hydrogen-bond donors (Lipinski definition) is 1. The highest BCUT2D eigenvalue weighted by Crippen LogP contribution is 2.22. The topological polar surface area (TPSA) is 55.1 Å². The molecule has 1 N–H and O–H groups in total. The van der Waals surface area contributed by atoms with Crippen LogP contribution in [-0.2, 0) is 6.54 Å². The molecular formula is C16H12ClFN2O2. The first-order valence-corrected chi connectivity index (χ1v) is 6.98. The molecule has 112 valence electrons. The minimum Gasteiger partial charge on any atom is -0.476 e. The maximum atomic E-state index is 13.9. The number of aromatic carboxylic acids is 1. The average Bonchev–Trinajstić information content (AvgIpc) is 2.80. The van der Waals surface area contributed by atoms with Crippen LogP contribution in [0, 0.1) is 12.7 Å². The minimum atomic E-state index is -1.11. The van der Waals surface area contributed by atoms with Gasteiger partial charge in [0.15, 0.2) is 5.69 Å². The zero-order valence-electron chi connectivity index (χ0n) is 11.7. The summed E-state index contributed by atoms with van der Waals surface area (Å²) in [5, 5.41) is 14.2. The Kier molecular flexibility index (Phi) is 3.58. The van der Waals surface area contributed by atoms with E-state index in [9.17, 15) is 14.3 Å². The Morgan fingerprint density at radius 3 is 2.77 bits per heavy atom. The van der Waals surface area contributed by atoms with E-state index in [1.165, 1.54) is 10.7 Å². The third-order valence-corrected chi connectivity index (χ3v) is 3.68. The third kappa shape index (κ3) is 2.55. The Hall–Kier alpha value is -2.40. The van der Waals surface area contributed by atoms with Crippen molar-refractivity contribution in [2.24, 2.45) is 0 Å². The summed E-state index contributed by atoms with van der Waals surface area (Å²) in [5.74, 6) is -1.55. The highest BCUT2D eigenvalue weighted by atomic mass is 35.5. The lowest BCUT2D eigenvalue weighted by atomic mass is 10.1. The SMILES string of the molecule is Cc1ccc2c(c1)c(C(=O)O)nn2Cc1ccc(Cl)cc1F. The molecule has 1 heterocycles. The Morgan fingerprint density at radius 1 is 1.32 bits per heavy atom. The molecule has 2 aromatic carbocycles. The molecular weight excluding hydrogens is 307 g/mol. The number of aryl methyl sites for hydroxylation is 1. The predicted molar refractivity (Wildman–Crippen MR) is 81.9 cm³/mol. The molecule has 0 amide bonds. The molecule has 6 heteroatoms. The fourth-order valence-electron chi connectivity index (χ4n) is 2.38. The first kappa shape index (κ1) is 14.5. The van der Waals surface area contributed by atoms with E-state index in [2.05, 4.69) is 5.10 Å². The Bertz CT molecular complexity index is 889. The predicted octanol–water partition coefficient (Wildman–Crippen LogP) is 3.88. The minimum absolute atomic E-state index is 0.0342. The molecule has 0 bridgehead atoms. The van der Waals surface area contributed by atoms with Gasteiger partial charge in [0.2, 0.25) is 0 Å². The van der Waals surface area contributed by atoms with Crippen molar-refractivity contribution in [3.8, 4) is 0 Å². The van der Waals surface area contributed by atoms with Gasteiger partial charge < -0.3 is 5.11 Å². The number of benzene rings is 2. The van der Waals surface area contributed by atoms with Crippen molar-refractivity contribution < 1.29 is 14.3 Å². The van der Waals surface area contributed by atoms with Crippen LogP contribution >= 0.6 is 11.6 Å². The van der Waals surface area contributed by atoms with Gasteiger partial charge in [-0.3, -0.25) is 4.68 Å². The highest BCUT2D eigenvalue weighted by Gasteiger charge is 2.17. The van der Waals surface area contributed by atoms with Crippen LogP contribution in [0.3, 0.4) is 0 Å². The van der Waals surface area contributed by atoms with Crippen LogP contribution in [0.25, 0.3) is 10.9 Å². The van der Waals surface area contributed by atoms with Crippen LogP contribution in [-0.4, -0.2) is 20.9 Å². The maximum absolute atomic E-state index is 13.9. The molecule has 0 radical (unpaired) electrons. The van der Waals surface area contributed by atoms with Crippen molar-refractivity contribution in [1.82, 2.24) is 9.78 Å². The van der Waals surface area contributed by atoms with Crippen LogP contribution in [0.2, 0.25) is 5.02 Å². The second-order valence-corrected chi connectivity index (χ2v) is 5.50. The lowest BCUT2D eigenvalue weighted by Gasteiger charge is -2.06. The molecule has 0 aliphatic heterocycles. The van der Waals surface area contributed by atoms with Gasteiger partial charge in [0.25, 0.3) is 0 Å². The number of rotatable bonds is 3. The van der Waals surface area contributed by atoms with Gasteiger partial charge in [0, 0.05) is 16.0 Å². The van der Waals surface area contributed by atoms with Crippen LogP contribution < -0.4 is 0 Å². The van der Waals surface area contributed by atoms with Gasteiger partial charge in [-0.15, -0.1) is 0 Å². The van der Waals surface area contributed by atoms with Crippen LogP contribution in [0.15, 0.2) is 36.4 Å². The Labute approximate surface area is 130 Å². The first-order chi connectivity index (χ1) is 10.5. The molecule has 4 nitrogen and oxygen atoms in total. The number of carboxylic acid groups (broad SMARTS) is 1. The molecule has 0 atom stereocenters. The van der Waals surface area contributed by atoms with E-state index >= 15 is 0 Å². The van der Waals surface area contributed by atoms with Crippen molar-refractivity contribution in [1.29, 1.82) is 0 Å². The van der Waals surface area contributed by atoms with Gasteiger partial charge in [-0.05, 0) is 31.2 Å². The van der Waals surface area contributed by atoms with E-state index < -0.39 is 11.8 Å². The Morgan fingerprint density at radius 2 is 2.09 bits per heavy atom. The number of hydrogen-bond acceptors (Lipinski definition) is 2. The monoisotopic (exact) mass is 318 g/mol. The summed E-state index contributed by atoms with van der Waals surface area (Å²) in [4.78, 5) is 11.3. The number of halogens is 2. The molecule has 0 saturated carbocycles. The van der Waals surface area contributed by atoms with Crippen molar-refractivity contribution in [2.45, 2.75) is 13.5 Å². The molecule has 0 aliphatic rings. The quantitative estimate of drug-likeness (QED) is 0.797. The molecule has 3 rings (SSSR count). The summed E-state index contributed by atoms with van der Waals surface area (Å²) >= 11 is 5.74. The summed E-state index contributed by atoms with van der Waals surface area (Å²) in [6, 6.07) is 9.81. The van der Waals surface area contributed by atoms with Gasteiger partial charge in [-0.1, -0.05) is 29.3 Å². The summed E-state index contributed by atoms with van der Waals surface area (Å²) < 4.78 is 15.4. The summed E-state index contributed by atoms with van der Waals surface area (Å²) in [7, 11) is 0. The standard InChI is InChI=1S/C16H12ClFN2O2/c1-9-2-5-14-12(6-9)15(16(21)22)19-20(14)8-10-3-4-11(17)7-13(10)18/h2-7H,8H2,1H3,(H,21,22). The average molecular weight is 319 g/mol. The lowest BCUT2D eigenvalue weighted by Crippen LogP contribution is -2.05. The molecule has 3 aromatic rings. The first-order valence-electron chi connectivity index (χ1n) is 6.60. The zero-order chi connectivity index (χ0) is 15.9. The van der Waals surface area contributed by atoms with E-state index in [4.69, 9.17) is 11.6 Å². The second-order valence-electron chi connectivity index (χ2n) is 5.07. The van der Waals surface area contributed by atoms with Crippen molar-refractivity contribution in [2.75, 3.05) is 0 Å². The zero-order valence-corrected chi connectivity index (χ0v) is 12.4. The van der Waals surface area contributed by atoms with Gasteiger partial charge in [-0.2, -0.15) is 5.10 Å². The molecule has 0 unspecified atom stereocenters. The van der Waals surface area contributed by atoms with Crippen molar-refractivity contribution in [3.63, 3.8) is 0 Å². The Balaban J connectivity index is 2.13. The number of carbonyl (C=O) groups is 1. The summed E-state index contributed by atoms with van der Waals surface area (Å²) in [6.07, 6.45) is 0. The number of carboxylic acids is 1. The molecule has 0 aliphatic carbocycles. The largest absolute Gasteiger partial charge is 0.476 e. The van der Waals surface area contributed by atoms with Crippen LogP contribution in [0.4, 0.5) is 4.39 Å². The smallest absolute Gasteiger partial charge is 0.357 e. The van der Waals surface area contributed by atoms with Crippen LogP contribution in [0.1, 0.15) is 21.6 Å². The van der Waals surface area contributed by atoms with E-state index in [-0.39, 0.29) is 12.2 Å². The van der Waals surface area contributed by atoms with Gasteiger partial charge >= 0.3 is 5.97 Å². The molecule has 1 aromatic heterocycles. The number of aromatic nitrogens is 2. The second kappa shape index (κ2) is 5.42. The fraction of sp³-hybridized carbons (Fsp3) is 0.125. The molecule has 0 spiro atoms. The molecule has 0 saturated heterocycles. The van der Waals surface area contributed by atoms with Gasteiger partial charge in [0.05, 0.1) is 12.1 Å². The third-order valence-electron chi connectivity index (χ3n) is 3.44. The summed E-state index contributed by atoms with van der Waals surface area (Å²) in [5.41, 5.74) is 1.95. The van der Waals surface area contributed by atoms with Crippen molar-refractivity contribution in [3.05, 3.63) is 64.1 Å². The van der Waals surface area contributed by atoms with Crippen molar-refractivity contribution >= 4 is 28.5 Å². The van der Waals surface area contributed by atoms with Gasteiger partial charge in [-0.25, -0.2) is 9.18 Å². The summed E-state index contributed by atoms with van der Waals surface area (Å²) in [6.45, 7) is 2.01. The maximum Gasteiger partial charge on any atom is 0.357 e. The normalized spacial score (nSPS) is 11.0. The van der Waals surface area contributed by atoms with E-state index in [1.54, 1.807) is 24.3 Å². The molecule has 22 heavy (non-hydrogen) atoms. The van der Waals surface area contributed by atoms with E-state index in [1.807, 2.05) is 13.0 Å². The van der Waals surface area contributed by atoms with E-state index in [0.717, 1.165) is 5.56 Å². The molecule has 0 fully saturated rings. The highest BCUT2D eigenvalue weighted by molar-refractivity contribution is 6.30. The number of nitrogens with zero attached hydrogens (tertiary/aromatic N) is 2. The fourth-order valence-corrected chi connectivity index (χ4v) is 2.54. The van der Waals surface area contributed by atoms with Gasteiger partial charge in [0.1, 0.15) is 5.82 Å². The number of fused-ring (bicyclic) bond motifs is 1.